The van der Waals surface area contributed by atoms with Crippen molar-refractivity contribution in [1.29, 1.82) is 0 Å². The fourth-order valence-electron chi connectivity index (χ4n) is 3.36. The Labute approximate surface area is 176 Å². The van der Waals surface area contributed by atoms with Crippen LogP contribution in [0.5, 0.6) is 0 Å². The normalized spacial score (nSPS) is 16.5. The fraction of sp³-hybridized carbons (Fsp3) is 0.400. The van der Waals surface area contributed by atoms with E-state index >= 15 is 0 Å². The Morgan fingerprint density at radius 1 is 1.31 bits per heavy atom. The van der Waals surface area contributed by atoms with Crippen LogP contribution in [0.1, 0.15) is 28.9 Å². The molecule has 3 rings (SSSR count). The summed E-state index contributed by atoms with van der Waals surface area (Å²) in [7, 11) is -3.13. The summed E-state index contributed by atoms with van der Waals surface area (Å²) in [6, 6.07) is 7.63. The fourth-order valence-corrected chi connectivity index (χ4v) is 5.08. The van der Waals surface area contributed by atoms with Crippen molar-refractivity contribution in [3.8, 4) is 0 Å². The van der Waals surface area contributed by atoms with Crippen molar-refractivity contribution in [1.82, 2.24) is 19.4 Å². The molecule has 1 N–H and O–H groups in total. The van der Waals surface area contributed by atoms with Crippen molar-refractivity contribution in [3.63, 3.8) is 0 Å². The number of nitrogens with one attached hydrogen (secondary N) is 1. The molecule has 0 saturated carbocycles. The molecule has 0 unspecified atom stereocenters. The third kappa shape index (κ3) is 5.26. The highest BCUT2D eigenvalue weighted by Gasteiger charge is 2.27. The first-order chi connectivity index (χ1) is 13.8. The highest BCUT2D eigenvalue weighted by atomic mass is 35.5. The Balaban J connectivity index is 1.59. The zero-order valence-corrected chi connectivity index (χ0v) is 18.1. The number of benzene rings is 1. The third-order valence-corrected chi connectivity index (χ3v) is 7.31. The molecular formula is C20H25ClN4O3S. The van der Waals surface area contributed by atoms with Gasteiger partial charge in [-0.05, 0) is 38.0 Å². The minimum atomic E-state index is -3.13. The lowest BCUT2D eigenvalue weighted by molar-refractivity contribution is -0.116. The number of aryl methyl sites for hydroxylation is 1. The van der Waals surface area contributed by atoms with Crippen LogP contribution < -0.4 is 5.32 Å². The van der Waals surface area contributed by atoms with E-state index in [0.717, 1.165) is 22.5 Å². The van der Waals surface area contributed by atoms with Gasteiger partial charge in [0.1, 0.15) is 0 Å². The molecule has 2 heterocycles. The number of rotatable bonds is 7. The molecule has 0 bridgehead atoms. The topological polar surface area (TPSA) is 84.3 Å². The Hall–Kier alpha value is -2.16. The average molecular weight is 437 g/mol. The maximum absolute atomic E-state index is 12.1. The van der Waals surface area contributed by atoms with E-state index in [1.54, 1.807) is 6.08 Å². The molecule has 1 aromatic carbocycles. The van der Waals surface area contributed by atoms with Crippen molar-refractivity contribution >= 4 is 33.6 Å². The summed E-state index contributed by atoms with van der Waals surface area (Å²) in [5.74, 6) is -0.0725. The van der Waals surface area contributed by atoms with Crippen LogP contribution >= 0.6 is 11.6 Å². The Kier molecular flexibility index (Phi) is 6.77. The van der Waals surface area contributed by atoms with E-state index in [-0.39, 0.29) is 18.2 Å². The van der Waals surface area contributed by atoms with Gasteiger partial charge in [0.25, 0.3) is 0 Å². The highest BCUT2D eigenvalue weighted by molar-refractivity contribution is 7.89. The van der Waals surface area contributed by atoms with Crippen molar-refractivity contribution in [2.75, 3.05) is 25.4 Å². The molecule has 1 aliphatic rings. The first-order valence-corrected chi connectivity index (χ1v) is 11.5. The molecule has 0 aliphatic carbocycles. The highest BCUT2D eigenvalue weighted by Crippen LogP contribution is 2.20. The molecule has 29 heavy (non-hydrogen) atoms. The summed E-state index contributed by atoms with van der Waals surface area (Å²) in [5, 5.41) is 7.98. The number of hydrogen-bond donors (Lipinski definition) is 1. The summed E-state index contributed by atoms with van der Waals surface area (Å²) in [5.41, 5.74) is 3.62. The van der Waals surface area contributed by atoms with Gasteiger partial charge in [0, 0.05) is 42.0 Å². The second-order valence-electron chi connectivity index (χ2n) is 7.03. The van der Waals surface area contributed by atoms with Crippen molar-refractivity contribution in [2.45, 2.75) is 26.8 Å². The molecule has 0 spiro atoms. The molecule has 2 aromatic rings. The number of sulfonamides is 1. The predicted octanol–water partition coefficient (Wildman–Crippen LogP) is 2.37. The summed E-state index contributed by atoms with van der Waals surface area (Å²) >= 11 is 6.24. The number of aromatic nitrogens is 2. The first-order valence-electron chi connectivity index (χ1n) is 9.49. The lowest BCUT2D eigenvalue weighted by Crippen LogP contribution is -2.35. The van der Waals surface area contributed by atoms with Gasteiger partial charge in [-0.15, -0.1) is 0 Å². The molecule has 1 fully saturated rings. The van der Waals surface area contributed by atoms with Crippen molar-refractivity contribution in [2.24, 2.45) is 0 Å². The van der Waals surface area contributed by atoms with Gasteiger partial charge < -0.3 is 5.32 Å². The lowest BCUT2D eigenvalue weighted by atomic mass is 10.1. The van der Waals surface area contributed by atoms with E-state index in [9.17, 15) is 13.2 Å². The van der Waals surface area contributed by atoms with Gasteiger partial charge in [0.05, 0.1) is 18.0 Å². The third-order valence-electron chi connectivity index (χ3n) is 4.98. The van der Waals surface area contributed by atoms with Gasteiger partial charge in [-0.1, -0.05) is 29.8 Å². The lowest BCUT2D eigenvalue weighted by Gasteiger charge is -2.13. The quantitative estimate of drug-likeness (QED) is 0.675. The largest absolute Gasteiger partial charge is 0.351 e. The second-order valence-corrected chi connectivity index (χ2v) is 9.52. The SMILES string of the molecule is Cc1nn(Cc2ccccc2Cl)c(C)c1/C=C/C(=O)NCCN1CCCS1(=O)=O. The average Bonchev–Trinajstić information content (AvgIpc) is 3.13. The Bertz CT molecular complexity index is 1030. The van der Waals surface area contributed by atoms with Gasteiger partial charge in [0.2, 0.25) is 15.9 Å². The second kappa shape index (κ2) is 9.11. The molecule has 1 aliphatic heterocycles. The van der Waals surface area contributed by atoms with E-state index < -0.39 is 10.0 Å². The van der Waals surface area contributed by atoms with Gasteiger partial charge >= 0.3 is 0 Å². The number of carbonyl (C=O) groups excluding carboxylic acids is 1. The first kappa shape index (κ1) is 21.5. The zero-order chi connectivity index (χ0) is 21.0. The molecule has 1 saturated heterocycles. The van der Waals surface area contributed by atoms with E-state index in [1.807, 2.05) is 42.8 Å². The van der Waals surface area contributed by atoms with Crippen LogP contribution in [0.15, 0.2) is 30.3 Å². The predicted molar refractivity (Wildman–Crippen MR) is 114 cm³/mol. The molecule has 7 nitrogen and oxygen atoms in total. The Morgan fingerprint density at radius 3 is 2.76 bits per heavy atom. The van der Waals surface area contributed by atoms with Gasteiger partial charge in [0.15, 0.2) is 0 Å². The standard InChI is InChI=1S/C20H25ClN4O3S/c1-15-18(16(2)25(23-15)14-17-6-3-4-7-19(17)21)8-9-20(26)22-10-12-24-11-5-13-29(24,27)28/h3-4,6-9H,5,10-14H2,1-2H3,(H,22,26)/b9-8+. The van der Waals surface area contributed by atoms with E-state index in [4.69, 9.17) is 11.6 Å². The molecular weight excluding hydrogens is 412 g/mol. The van der Waals surface area contributed by atoms with Gasteiger partial charge in [-0.25, -0.2) is 12.7 Å². The number of halogens is 1. The van der Waals surface area contributed by atoms with Crippen LogP contribution in [0, 0.1) is 13.8 Å². The minimum Gasteiger partial charge on any atom is -0.351 e. The maximum atomic E-state index is 12.1. The van der Waals surface area contributed by atoms with Crippen LogP contribution in [0.4, 0.5) is 0 Å². The number of nitrogens with zero attached hydrogens (tertiary/aromatic N) is 3. The minimum absolute atomic E-state index is 0.192. The molecule has 1 aromatic heterocycles. The van der Waals surface area contributed by atoms with Gasteiger partial charge in [-0.2, -0.15) is 5.10 Å². The molecule has 1 amide bonds. The van der Waals surface area contributed by atoms with E-state index in [1.165, 1.54) is 10.4 Å². The number of carbonyl (C=O) groups is 1. The van der Waals surface area contributed by atoms with Crippen molar-refractivity contribution < 1.29 is 13.2 Å². The molecule has 0 radical (unpaired) electrons. The van der Waals surface area contributed by atoms with Crippen molar-refractivity contribution in [3.05, 3.63) is 57.9 Å². The number of hydrogen-bond acceptors (Lipinski definition) is 4. The van der Waals surface area contributed by atoms with Crippen LogP contribution in [0.2, 0.25) is 5.02 Å². The summed E-state index contributed by atoms with van der Waals surface area (Å²) < 4.78 is 26.8. The zero-order valence-electron chi connectivity index (χ0n) is 16.6. The maximum Gasteiger partial charge on any atom is 0.244 e. The monoisotopic (exact) mass is 436 g/mol. The molecule has 0 atom stereocenters. The molecule has 156 valence electrons. The molecule has 9 heteroatoms. The van der Waals surface area contributed by atoms with E-state index in [0.29, 0.717) is 31.1 Å². The smallest absolute Gasteiger partial charge is 0.244 e. The van der Waals surface area contributed by atoms with Crippen LogP contribution in [-0.2, 0) is 21.4 Å². The van der Waals surface area contributed by atoms with Crippen LogP contribution in [0.25, 0.3) is 6.08 Å². The van der Waals surface area contributed by atoms with E-state index in [2.05, 4.69) is 10.4 Å². The van der Waals surface area contributed by atoms with Gasteiger partial charge in [-0.3, -0.25) is 9.48 Å². The van der Waals surface area contributed by atoms with Crippen LogP contribution in [-0.4, -0.2) is 53.8 Å². The number of amides is 1. The summed E-state index contributed by atoms with van der Waals surface area (Å²) in [6.07, 6.45) is 3.84. The Morgan fingerprint density at radius 2 is 2.07 bits per heavy atom. The summed E-state index contributed by atoms with van der Waals surface area (Å²) in [6.45, 7) is 5.51. The van der Waals surface area contributed by atoms with Crippen LogP contribution in [0.3, 0.4) is 0 Å². The summed E-state index contributed by atoms with van der Waals surface area (Å²) in [4.78, 5) is 12.1.